The highest BCUT2D eigenvalue weighted by Crippen LogP contribution is 2.48. The van der Waals surface area contributed by atoms with Crippen LogP contribution in [-0.4, -0.2) is 25.5 Å². The topological polar surface area (TPSA) is 112 Å². The molecule has 0 aliphatic carbocycles. The third-order valence-electron chi connectivity index (χ3n) is 3.17. The molecule has 0 spiro atoms. The lowest BCUT2D eigenvalue weighted by molar-refractivity contribution is -0.00000882. The maximum Gasteiger partial charge on any atom is 0.409 e. The fourth-order valence-corrected chi connectivity index (χ4v) is 2.08. The summed E-state index contributed by atoms with van der Waals surface area (Å²) >= 11 is 0. The monoisotopic (exact) mass is 322 g/mol. The van der Waals surface area contributed by atoms with Crippen LogP contribution in [0.15, 0.2) is 40.8 Å². The number of fused-ring (bicyclic) bond motifs is 1. The summed E-state index contributed by atoms with van der Waals surface area (Å²) in [6, 6.07) is 8.87. The summed E-state index contributed by atoms with van der Waals surface area (Å²) in [5.41, 5.74) is 0.221. The molecule has 1 heterocycles. The molecule has 1 aromatic heterocycles. The van der Waals surface area contributed by atoms with E-state index in [4.69, 9.17) is 4.42 Å². The third kappa shape index (κ3) is 2.19. The van der Waals surface area contributed by atoms with E-state index in [1.807, 2.05) is 0 Å². The predicted octanol–water partition coefficient (Wildman–Crippen LogP) is -0.0871. The molecule has 0 radical (unpaired) electrons. The van der Waals surface area contributed by atoms with Gasteiger partial charge in [-0.25, -0.2) is 4.42 Å². The van der Waals surface area contributed by atoms with E-state index in [0.29, 0.717) is 5.39 Å². The lowest BCUT2D eigenvalue weighted by Crippen LogP contribution is -3.00. The van der Waals surface area contributed by atoms with E-state index in [1.165, 1.54) is 6.07 Å². The van der Waals surface area contributed by atoms with Gasteiger partial charge in [0, 0.05) is 6.07 Å². The van der Waals surface area contributed by atoms with E-state index in [-0.39, 0.29) is 29.3 Å². The van der Waals surface area contributed by atoms with Gasteiger partial charge >= 0.3 is 11.3 Å². The first-order chi connectivity index (χ1) is 10.0. The second kappa shape index (κ2) is 5.50. The molecule has 0 fully saturated rings. The summed E-state index contributed by atoms with van der Waals surface area (Å²) in [7, 11) is 0. The van der Waals surface area contributed by atoms with Gasteiger partial charge in [0.05, 0.1) is 0 Å². The molecule has 7 heteroatoms. The van der Waals surface area contributed by atoms with E-state index >= 15 is 0 Å². The largest absolute Gasteiger partial charge is 1.00 e. The number of phenolic OH excluding ortho intramolecular Hbond substituents is 3. The zero-order valence-electron chi connectivity index (χ0n) is 11.0. The molecule has 3 aromatic rings. The number of halogens is 1. The minimum absolute atomic E-state index is 0. The molecular weight excluding hydrogens is 312 g/mol. The van der Waals surface area contributed by atoms with Gasteiger partial charge in [0.2, 0.25) is 5.75 Å². The number of hydrogen-bond acceptors (Lipinski definition) is 5. The second-order valence-corrected chi connectivity index (χ2v) is 4.45. The molecule has 22 heavy (non-hydrogen) atoms. The SMILES string of the molecule is Oc1ccc(-c2[o+]c3ccccc3c(O)c2O)c(O)c1O.[Cl-]. The van der Waals surface area contributed by atoms with Crippen LogP contribution in [0.25, 0.3) is 22.3 Å². The molecule has 0 saturated carbocycles. The van der Waals surface area contributed by atoms with Gasteiger partial charge in [-0.15, -0.1) is 0 Å². The molecule has 0 saturated heterocycles. The molecule has 0 atom stereocenters. The van der Waals surface area contributed by atoms with E-state index in [2.05, 4.69) is 0 Å². The molecule has 5 N–H and O–H groups in total. The Kier molecular flexibility index (Phi) is 3.88. The zero-order valence-corrected chi connectivity index (χ0v) is 11.7. The van der Waals surface area contributed by atoms with Crippen molar-refractivity contribution in [2.75, 3.05) is 0 Å². The summed E-state index contributed by atoms with van der Waals surface area (Å²) in [5.74, 6) is -3.12. The number of rotatable bonds is 1. The van der Waals surface area contributed by atoms with Gasteiger partial charge in [-0.3, -0.25) is 0 Å². The third-order valence-corrected chi connectivity index (χ3v) is 3.17. The molecule has 0 amide bonds. The average molecular weight is 323 g/mol. The van der Waals surface area contributed by atoms with Crippen molar-refractivity contribution >= 4 is 11.0 Å². The summed E-state index contributed by atoms with van der Waals surface area (Å²) in [4.78, 5) is 0. The first-order valence-electron chi connectivity index (χ1n) is 6.01. The minimum Gasteiger partial charge on any atom is -1.00 e. The molecule has 0 unspecified atom stereocenters. The maximum atomic E-state index is 10.0. The van der Waals surface area contributed by atoms with Crippen LogP contribution in [0, 0.1) is 0 Å². The summed E-state index contributed by atoms with van der Waals surface area (Å²) in [5, 5.41) is 49.1. The fraction of sp³-hybridized carbons (Fsp3) is 0. The van der Waals surface area contributed by atoms with Crippen molar-refractivity contribution in [3.05, 3.63) is 36.4 Å². The van der Waals surface area contributed by atoms with Crippen LogP contribution in [0.3, 0.4) is 0 Å². The number of phenols is 3. The van der Waals surface area contributed by atoms with E-state index in [9.17, 15) is 25.5 Å². The Morgan fingerprint density at radius 3 is 2.09 bits per heavy atom. The van der Waals surface area contributed by atoms with E-state index in [1.54, 1.807) is 24.3 Å². The second-order valence-electron chi connectivity index (χ2n) is 4.45. The van der Waals surface area contributed by atoms with Crippen molar-refractivity contribution in [2.24, 2.45) is 0 Å². The van der Waals surface area contributed by atoms with Crippen LogP contribution in [0.1, 0.15) is 0 Å². The predicted molar refractivity (Wildman–Crippen MR) is 74.4 cm³/mol. The van der Waals surface area contributed by atoms with Crippen LogP contribution >= 0.6 is 0 Å². The molecule has 114 valence electrons. The van der Waals surface area contributed by atoms with Crippen LogP contribution in [0.5, 0.6) is 28.7 Å². The van der Waals surface area contributed by atoms with Crippen molar-refractivity contribution in [3.8, 4) is 40.1 Å². The minimum atomic E-state index is -0.741. The fourth-order valence-electron chi connectivity index (χ4n) is 2.08. The molecular formula is C15H11ClO6. The molecule has 3 rings (SSSR count). The number of aromatic hydroxyl groups is 5. The van der Waals surface area contributed by atoms with Crippen molar-refractivity contribution in [1.82, 2.24) is 0 Å². The Balaban J connectivity index is 0.00000176. The summed E-state index contributed by atoms with van der Waals surface area (Å²) < 4.78 is 5.47. The highest BCUT2D eigenvalue weighted by atomic mass is 35.5. The van der Waals surface area contributed by atoms with Gasteiger partial charge in [-0.1, -0.05) is 12.1 Å². The Hall–Kier alpha value is -2.86. The quantitative estimate of drug-likeness (QED) is 0.316. The van der Waals surface area contributed by atoms with Gasteiger partial charge < -0.3 is 37.9 Å². The normalized spacial score (nSPS) is 10.4. The van der Waals surface area contributed by atoms with Gasteiger partial charge in [0.1, 0.15) is 10.9 Å². The van der Waals surface area contributed by atoms with Gasteiger partial charge in [-0.2, -0.15) is 0 Å². The van der Waals surface area contributed by atoms with Gasteiger partial charge in [-0.05, 0) is 18.2 Å². The average Bonchev–Trinajstić information content (AvgIpc) is 2.49. The van der Waals surface area contributed by atoms with Gasteiger partial charge in [0.25, 0.3) is 5.75 Å². The molecule has 6 nitrogen and oxygen atoms in total. The highest BCUT2D eigenvalue weighted by molar-refractivity contribution is 5.90. The molecule has 0 aliphatic heterocycles. The molecule has 0 aliphatic rings. The first kappa shape index (κ1) is 15.5. The van der Waals surface area contributed by atoms with Gasteiger partial charge in [0.15, 0.2) is 17.2 Å². The van der Waals surface area contributed by atoms with Crippen LogP contribution < -0.4 is 12.4 Å². The number of para-hydroxylation sites is 1. The van der Waals surface area contributed by atoms with Crippen molar-refractivity contribution < 1.29 is 42.4 Å². The molecule has 2 aromatic carbocycles. The number of benzene rings is 2. The van der Waals surface area contributed by atoms with E-state index in [0.717, 1.165) is 6.07 Å². The lowest BCUT2D eigenvalue weighted by Gasteiger charge is -2.04. The number of hydrogen-bond donors (Lipinski definition) is 5. The summed E-state index contributed by atoms with van der Waals surface area (Å²) in [6.45, 7) is 0. The Bertz CT molecular complexity index is 862. The Labute approximate surface area is 130 Å². The first-order valence-corrected chi connectivity index (χ1v) is 6.01. The highest BCUT2D eigenvalue weighted by Gasteiger charge is 2.30. The van der Waals surface area contributed by atoms with Crippen LogP contribution in [0.4, 0.5) is 0 Å². The van der Waals surface area contributed by atoms with Crippen LogP contribution in [0.2, 0.25) is 0 Å². The van der Waals surface area contributed by atoms with E-state index < -0.39 is 28.7 Å². The maximum absolute atomic E-state index is 10.0. The van der Waals surface area contributed by atoms with Crippen LogP contribution in [-0.2, 0) is 0 Å². The smallest absolute Gasteiger partial charge is 0.409 e. The Morgan fingerprint density at radius 2 is 1.36 bits per heavy atom. The lowest BCUT2D eigenvalue weighted by atomic mass is 10.1. The van der Waals surface area contributed by atoms with Crippen molar-refractivity contribution in [1.29, 1.82) is 0 Å². The van der Waals surface area contributed by atoms with Crippen molar-refractivity contribution in [3.63, 3.8) is 0 Å². The zero-order chi connectivity index (χ0) is 15.1. The van der Waals surface area contributed by atoms with Crippen molar-refractivity contribution in [2.45, 2.75) is 0 Å². The standard InChI is InChI=1S/C15H10O6.ClH/c16-9-6-5-8(12(18)13(9)19)15-14(20)11(17)7-3-1-2-4-10(7)21-15;/h1-6H,(H4-,16,17,18,19,20);1H. The Morgan fingerprint density at radius 1 is 0.682 bits per heavy atom. The summed E-state index contributed by atoms with van der Waals surface area (Å²) in [6.07, 6.45) is 0. The molecule has 0 bridgehead atoms.